The zero-order chi connectivity index (χ0) is 16.9. The van der Waals surface area contributed by atoms with Crippen molar-refractivity contribution in [2.75, 3.05) is 10.6 Å². The van der Waals surface area contributed by atoms with Gasteiger partial charge in [-0.25, -0.2) is 0 Å². The molecule has 124 valence electrons. The average molecular weight is 323 g/mol. The molecule has 5 heteroatoms. The van der Waals surface area contributed by atoms with Gasteiger partial charge in [-0.1, -0.05) is 36.4 Å². The fraction of sp³-hybridized carbons (Fsp3) is 0.263. The monoisotopic (exact) mass is 323 g/mol. The summed E-state index contributed by atoms with van der Waals surface area (Å²) in [5.41, 5.74) is 2.38. The second-order valence-corrected chi connectivity index (χ2v) is 6.03. The van der Waals surface area contributed by atoms with E-state index in [2.05, 4.69) is 16.0 Å². The highest BCUT2D eigenvalue weighted by atomic mass is 16.2. The molecular weight excluding hydrogens is 302 g/mol. The quantitative estimate of drug-likeness (QED) is 0.765. The number of hydrogen-bond acceptors (Lipinski definition) is 3. The molecule has 1 atom stereocenters. The van der Waals surface area contributed by atoms with Gasteiger partial charge in [0.05, 0.1) is 0 Å². The molecule has 1 aliphatic rings. The summed E-state index contributed by atoms with van der Waals surface area (Å²) in [4.78, 5) is 23.8. The van der Waals surface area contributed by atoms with E-state index in [1.165, 1.54) is 6.92 Å². The number of hydrogen-bond donors (Lipinski definition) is 3. The molecule has 24 heavy (non-hydrogen) atoms. The zero-order valence-electron chi connectivity index (χ0n) is 13.6. The maximum absolute atomic E-state index is 12.6. The predicted octanol–water partition coefficient (Wildman–Crippen LogP) is 3.08. The van der Waals surface area contributed by atoms with Crippen molar-refractivity contribution in [2.24, 2.45) is 0 Å². The molecule has 0 bridgehead atoms. The topological polar surface area (TPSA) is 70.2 Å². The van der Waals surface area contributed by atoms with Gasteiger partial charge in [0.2, 0.25) is 11.8 Å². The van der Waals surface area contributed by atoms with Crippen LogP contribution in [0.1, 0.15) is 31.4 Å². The lowest BCUT2D eigenvalue weighted by Crippen LogP contribution is -2.34. The highest BCUT2D eigenvalue weighted by Crippen LogP contribution is 2.25. The third-order valence-electron chi connectivity index (χ3n) is 3.81. The average Bonchev–Trinajstić information content (AvgIpc) is 3.37. The summed E-state index contributed by atoms with van der Waals surface area (Å²) in [6.45, 7) is 1.47. The van der Waals surface area contributed by atoms with Crippen LogP contribution < -0.4 is 16.0 Å². The first-order chi connectivity index (χ1) is 11.6. The Hall–Kier alpha value is -2.82. The Morgan fingerprint density at radius 1 is 1.00 bits per heavy atom. The van der Waals surface area contributed by atoms with Crippen molar-refractivity contribution >= 4 is 23.2 Å². The highest BCUT2D eigenvalue weighted by Gasteiger charge is 2.28. The molecule has 2 aromatic carbocycles. The summed E-state index contributed by atoms with van der Waals surface area (Å²) in [5, 5.41) is 9.08. The Bertz CT molecular complexity index is 726. The molecule has 0 saturated heterocycles. The summed E-state index contributed by atoms with van der Waals surface area (Å²) in [5.74, 6) is -0.160. The van der Waals surface area contributed by atoms with Gasteiger partial charge in [-0.15, -0.1) is 0 Å². The summed E-state index contributed by atoms with van der Waals surface area (Å²) in [6, 6.07) is 16.8. The number of anilines is 2. The number of carbonyl (C=O) groups excluding carboxylic acids is 2. The van der Waals surface area contributed by atoms with E-state index < -0.39 is 6.04 Å². The van der Waals surface area contributed by atoms with E-state index in [0.717, 1.165) is 24.1 Å². The molecule has 0 radical (unpaired) electrons. The fourth-order valence-electron chi connectivity index (χ4n) is 2.51. The molecule has 3 rings (SSSR count). The van der Waals surface area contributed by atoms with E-state index in [1.807, 2.05) is 54.6 Å². The van der Waals surface area contributed by atoms with E-state index in [4.69, 9.17) is 0 Å². The summed E-state index contributed by atoms with van der Waals surface area (Å²) in [7, 11) is 0. The van der Waals surface area contributed by atoms with Crippen LogP contribution in [0.4, 0.5) is 11.4 Å². The second kappa shape index (κ2) is 7.17. The number of rotatable bonds is 6. The highest BCUT2D eigenvalue weighted by molar-refractivity contribution is 5.90. The van der Waals surface area contributed by atoms with Crippen LogP contribution >= 0.6 is 0 Å². The molecule has 1 saturated carbocycles. The molecule has 1 aliphatic carbocycles. The Morgan fingerprint density at radius 2 is 1.71 bits per heavy atom. The first kappa shape index (κ1) is 16.1. The van der Waals surface area contributed by atoms with Crippen LogP contribution in [-0.4, -0.2) is 17.9 Å². The minimum absolute atomic E-state index is 0.0337. The fourth-order valence-corrected chi connectivity index (χ4v) is 2.51. The van der Waals surface area contributed by atoms with Gasteiger partial charge < -0.3 is 16.0 Å². The summed E-state index contributed by atoms with van der Waals surface area (Å²) >= 11 is 0. The Balaban J connectivity index is 1.80. The Kier molecular flexibility index (Phi) is 4.79. The SMILES string of the molecule is CC(=O)Nc1cccc(NC(C(=O)NC2CC2)c2ccccc2)c1. The van der Waals surface area contributed by atoms with Gasteiger partial charge in [-0.2, -0.15) is 0 Å². The molecule has 0 aromatic heterocycles. The lowest BCUT2D eigenvalue weighted by molar-refractivity contribution is -0.122. The van der Waals surface area contributed by atoms with Crippen LogP contribution in [0.25, 0.3) is 0 Å². The van der Waals surface area contributed by atoms with Crippen molar-refractivity contribution in [3.05, 3.63) is 60.2 Å². The summed E-state index contributed by atoms with van der Waals surface area (Å²) in [6.07, 6.45) is 2.09. The number of amides is 2. The van der Waals surface area contributed by atoms with Crippen molar-refractivity contribution in [1.29, 1.82) is 0 Å². The molecule has 2 aromatic rings. The Morgan fingerprint density at radius 3 is 2.38 bits per heavy atom. The van der Waals surface area contributed by atoms with E-state index in [0.29, 0.717) is 11.7 Å². The van der Waals surface area contributed by atoms with Crippen molar-refractivity contribution in [3.8, 4) is 0 Å². The normalized spacial score (nSPS) is 14.5. The lowest BCUT2D eigenvalue weighted by atomic mass is 10.1. The van der Waals surface area contributed by atoms with Crippen LogP contribution in [0.3, 0.4) is 0 Å². The smallest absolute Gasteiger partial charge is 0.247 e. The zero-order valence-corrected chi connectivity index (χ0v) is 13.6. The van der Waals surface area contributed by atoms with Crippen LogP contribution in [0, 0.1) is 0 Å². The number of carbonyl (C=O) groups is 2. The standard InChI is InChI=1S/C19H21N3O2/c1-13(23)20-16-8-5-9-17(12-16)21-18(14-6-3-2-4-7-14)19(24)22-15-10-11-15/h2-9,12,15,18,21H,10-11H2,1H3,(H,20,23)(H,22,24). The van der Waals surface area contributed by atoms with Gasteiger partial charge >= 0.3 is 0 Å². The molecule has 1 unspecified atom stereocenters. The van der Waals surface area contributed by atoms with Crippen molar-refractivity contribution in [2.45, 2.75) is 31.8 Å². The van der Waals surface area contributed by atoms with Gasteiger partial charge in [-0.3, -0.25) is 9.59 Å². The number of benzene rings is 2. The number of nitrogens with one attached hydrogen (secondary N) is 3. The Labute approximate surface area is 141 Å². The minimum Gasteiger partial charge on any atom is -0.370 e. The molecule has 0 aliphatic heterocycles. The van der Waals surface area contributed by atoms with Crippen molar-refractivity contribution in [1.82, 2.24) is 5.32 Å². The molecule has 0 spiro atoms. The molecule has 1 fully saturated rings. The molecule has 0 heterocycles. The van der Waals surface area contributed by atoms with Gasteiger partial charge in [-0.05, 0) is 36.6 Å². The van der Waals surface area contributed by atoms with Gasteiger partial charge in [0.15, 0.2) is 0 Å². The van der Waals surface area contributed by atoms with Crippen LogP contribution in [-0.2, 0) is 9.59 Å². The second-order valence-electron chi connectivity index (χ2n) is 6.03. The van der Waals surface area contributed by atoms with Crippen LogP contribution in [0.2, 0.25) is 0 Å². The maximum atomic E-state index is 12.6. The van der Waals surface area contributed by atoms with E-state index in [1.54, 1.807) is 0 Å². The maximum Gasteiger partial charge on any atom is 0.247 e. The van der Waals surface area contributed by atoms with Gasteiger partial charge in [0.25, 0.3) is 0 Å². The van der Waals surface area contributed by atoms with Crippen molar-refractivity contribution < 1.29 is 9.59 Å². The molecule has 3 N–H and O–H groups in total. The van der Waals surface area contributed by atoms with E-state index >= 15 is 0 Å². The predicted molar refractivity (Wildman–Crippen MR) is 94.7 cm³/mol. The van der Waals surface area contributed by atoms with E-state index in [-0.39, 0.29) is 11.8 Å². The molecule has 2 amide bonds. The molecule has 5 nitrogen and oxygen atoms in total. The summed E-state index contributed by atoms with van der Waals surface area (Å²) < 4.78 is 0. The minimum atomic E-state index is -0.473. The van der Waals surface area contributed by atoms with Crippen LogP contribution in [0.5, 0.6) is 0 Å². The van der Waals surface area contributed by atoms with E-state index in [9.17, 15) is 9.59 Å². The van der Waals surface area contributed by atoms with Gasteiger partial charge in [0, 0.05) is 24.3 Å². The third kappa shape index (κ3) is 4.35. The first-order valence-corrected chi connectivity index (χ1v) is 8.11. The van der Waals surface area contributed by atoms with Crippen molar-refractivity contribution in [3.63, 3.8) is 0 Å². The lowest BCUT2D eigenvalue weighted by Gasteiger charge is -2.20. The molecular formula is C19H21N3O2. The largest absolute Gasteiger partial charge is 0.370 e. The first-order valence-electron chi connectivity index (χ1n) is 8.11. The third-order valence-corrected chi connectivity index (χ3v) is 3.81. The van der Waals surface area contributed by atoms with Crippen LogP contribution in [0.15, 0.2) is 54.6 Å². The van der Waals surface area contributed by atoms with Gasteiger partial charge in [0.1, 0.15) is 6.04 Å².